The highest BCUT2D eigenvalue weighted by Crippen LogP contribution is 2.15. The summed E-state index contributed by atoms with van der Waals surface area (Å²) >= 11 is 0. The summed E-state index contributed by atoms with van der Waals surface area (Å²) in [4.78, 5) is 23.3. The van der Waals surface area contributed by atoms with Gasteiger partial charge in [-0.15, -0.1) is 0 Å². The molecule has 0 fully saturated rings. The van der Waals surface area contributed by atoms with E-state index in [1.807, 2.05) is 13.8 Å². The molecule has 0 spiro atoms. The van der Waals surface area contributed by atoms with Crippen molar-refractivity contribution in [3.05, 3.63) is 18.0 Å². The van der Waals surface area contributed by atoms with Gasteiger partial charge in [0, 0.05) is 19.3 Å². The van der Waals surface area contributed by atoms with E-state index in [0.717, 1.165) is 0 Å². The Hall–Kier alpha value is -2.11. The van der Waals surface area contributed by atoms with E-state index in [0.29, 0.717) is 22.5 Å². The quantitative estimate of drug-likeness (QED) is 0.742. The fourth-order valence-electron chi connectivity index (χ4n) is 1.52. The van der Waals surface area contributed by atoms with Crippen LogP contribution in [-0.2, 0) is 0 Å². The molecule has 0 unspecified atom stereocenters. The van der Waals surface area contributed by atoms with E-state index >= 15 is 0 Å². The molecule has 0 radical (unpaired) electrons. The molecule has 0 saturated carbocycles. The number of nitrogens with one attached hydrogen (secondary N) is 3. The van der Waals surface area contributed by atoms with Crippen LogP contribution in [0.4, 0.5) is 5.82 Å². The molecule has 0 aliphatic rings. The van der Waals surface area contributed by atoms with Crippen molar-refractivity contribution < 1.29 is 4.79 Å². The fourth-order valence-corrected chi connectivity index (χ4v) is 1.52. The normalized spacial score (nSPS) is 10.8. The number of rotatable bonds is 3. The van der Waals surface area contributed by atoms with E-state index in [-0.39, 0.29) is 11.9 Å². The van der Waals surface area contributed by atoms with Crippen LogP contribution in [0.1, 0.15) is 24.2 Å². The first-order valence-electron chi connectivity index (χ1n) is 5.44. The average molecular weight is 233 g/mol. The predicted molar refractivity (Wildman–Crippen MR) is 66.0 cm³/mol. The summed E-state index contributed by atoms with van der Waals surface area (Å²) in [5, 5.41) is 5.72. The summed E-state index contributed by atoms with van der Waals surface area (Å²) in [5.74, 6) is 0.490. The Bertz CT molecular complexity index is 546. The van der Waals surface area contributed by atoms with Crippen LogP contribution >= 0.6 is 0 Å². The molecule has 0 bridgehead atoms. The predicted octanol–water partition coefficient (Wildman–Crippen LogP) is 1.14. The summed E-state index contributed by atoms with van der Waals surface area (Å²) < 4.78 is 0. The number of nitrogens with zero attached hydrogens (tertiary/aromatic N) is 2. The lowest BCUT2D eigenvalue weighted by Gasteiger charge is -2.06. The van der Waals surface area contributed by atoms with E-state index in [1.165, 1.54) is 0 Å². The molecule has 2 aromatic heterocycles. The number of anilines is 1. The first-order chi connectivity index (χ1) is 8.11. The molecule has 6 nitrogen and oxygen atoms in total. The van der Waals surface area contributed by atoms with Crippen LogP contribution in [-0.4, -0.2) is 33.9 Å². The maximum absolute atomic E-state index is 11.9. The number of aromatic amines is 1. The van der Waals surface area contributed by atoms with Crippen molar-refractivity contribution in [2.24, 2.45) is 0 Å². The molecule has 2 aromatic rings. The number of fused-ring (bicyclic) bond motifs is 1. The number of carbonyl (C=O) groups is 1. The molecule has 0 aromatic carbocycles. The third kappa shape index (κ3) is 2.20. The van der Waals surface area contributed by atoms with Gasteiger partial charge in [-0.3, -0.25) is 4.79 Å². The number of hydrogen-bond acceptors (Lipinski definition) is 4. The average Bonchev–Trinajstić information content (AvgIpc) is 2.70. The number of amides is 1. The molecular weight excluding hydrogens is 218 g/mol. The zero-order valence-electron chi connectivity index (χ0n) is 10.0. The van der Waals surface area contributed by atoms with Gasteiger partial charge in [0.25, 0.3) is 5.91 Å². The van der Waals surface area contributed by atoms with E-state index in [4.69, 9.17) is 0 Å². The van der Waals surface area contributed by atoms with E-state index < -0.39 is 0 Å². The molecule has 0 saturated heterocycles. The third-order valence-electron chi connectivity index (χ3n) is 2.30. The molecule has 90 valence electrons. The SMILES string of the molecule is CNc1cnc2[nH]cc(C(=O)NC(C)C)c2n1. The second-order valence-electron chi connectivity index (χ2n) is 4.03. The molecule has 17 heavy (non-hydrogen) atoms. The minimum Gasteiger partial charge on any atom is -0.372 e. The number of carbonyl (C=O) groups excluding carboxylic acids is 1. The van der Waals surface area contributed by atoms with Crippen molar-refractivity contribution in [1.29, 1.82) is 0 Å². The van der Waals surface area contributed by atoms with Crippen LogP contribution < -0.4 is 10.6 Å². The molecule has 3 N–H and O–H groups in total. The Morgan fingerprint density at radius 3 is 2.88 bits per heavy atom. The number of aromatic nitrogens is 3. The van der Waals surface area contributed by atoms with Gasteiger partial charge in [-0.25, -0.2) is 9.97 Å². The topological polar surface area (TPSA) is 82.7 Å². The summed E-state index contributed by atoms with van der Waals surface area (Å²) in [7, 11) is 1.76. The number of hydrogen-bond donors (Lipinski definition) is 3. The summed E-state index contributed by atoms with van der Waals surface area (Å²) in [5.41, 5.74) is 1.70. The van der Waals surface area contributed by atoms with Gasteiger partial charge in [0.1, 0.15) is 11.3 Å². The lowest BCUT2D eigenvalue weighted by molar-refractivity contribution is 0.0944. The van der Waals surface area contributed by atoms with Crippen molar-refractivity contribution in [2.45, 2.75) is 19.9 Å². The van der Waals surface area contributed by atoms with Crippen LogP contribution in [0.5, 0.6) is 0 Å². The molecule has 1 amide bonds. The second-order valence-corrected chi connectivity index (χ2v) is 4.03. The largest absolute Gasteiger partial charge is 0.372 e. The summed E-state index contributed by atoms with van der Waals surface area (Å²) in [6.45, 7) is 3.83. The highest BCUT2D eigenvalue weighted by molar-refractivity contribution is 6.04. The van der Waals surface area contributed by atoms with Gasteiger partial charge < -0.3 is 15.6 Å². The fraction of sp³-hybridized carbons (Fsp3) is 0.364. The van der Waals surface area contributed by atoms with Gasteiger partial charge >= 0.3 is 0 Å². The molecule has 6 heteroatoms. The lowest BCUT2D eigenvalue weighted by atomic mass is 10.2. The highest BCUT2D eigenvalue weighted by atomic mass is 16.1. The zero-order chi connectivity index (χ0) is 12.4. The maximum Gasteiger partial charge on any atom is 0.255 e. The minimum atomic E-state index is -0.145. The molecular formula is C11H15N5O. The van der Waals surface area contributed by atoms with Gasteiger partial charge in [-0.2, -0.15) is 0 Å². The van der Waals surface area contributed by atoms with Crippen LogP contribution in [0, 0.1) is 0 Å². The lowest BCUT2D eigenvalue weighted by Crippen LogP contribution is -2.29. The van der Waals surface area contributed by atoms with Gasteiger partial charge in [-0.05, 0) is 13.8 Å². The van der Waals surface area contributed by atoms with Crippen molar-refractivity contribution in [3.8, 4) is 0 Å². The molecule has 0 aliphatic heterocycles. The van der Waals surface area contributed by atoms with Crippen LogP contribution in [0.2, 0.25) is 0 Å². The Morgan fingerprint density at radius 2 is 2.24 bits per heavy atom. The van der Waals surface area contributed by atoms with Crippen LogP contribution in [0.3, 0.4) is 0 Å². The Labute approximate surface area is 98.8 Å². The number of H-pyrrole nitrogens is 1. The van der Waals surface area contributed by atoms with Crippen molar-refractivity contribution >= 4 is 22.9 Å². The van der Waals surface area contributed by atoms with E-state index in [2.05, 4.69) is 25.6 Å². The van der Waals surface area contributed by atoms with E-state index in [1.54, 1.807) is 19.4 Å². The summed E-state index contributed by atoms with van der Waals surface area (Å²) in [6.07, 6.45) is 3.24. The molecule has 0 atom stereocenters. The molecule has 0 aliphatic carbocycles. The van der Waals surface area contributed by atoms with Crippen LogP contribution in [0.25, 0.3) is 11.2 Å². The van der Waals surface area contributed by atoms with Gasteiger partial charge in [0.05, 0.1) is 11.8 Å². The maximum atomic E-state index is 11.9. The Balaban J connectivity index is 2.43. The van der Waals surface area contributed by atoms with Crippen molar-refractivity contribution in [3.63, 3.8) is 0 Å². The van der Waals surface area contributed by atoms with Gasteiger partial charge in [0.15, 0.2) is 5.65 Å². The second kappa shape index (κ2) is 4.40. The smallest absolute Gasteiger partial charge is 0.255 e. The molecule has 2 rings (SSSR count). The van der Waals surface area contributed by atoms with Gasteiger partial charge in [0.2, 0.25) is 0 Å². The first-order valence-corrected chi connectivity index (χ1v) is 5.44. The van der Waals surface area contributed by atoms with Crippen molar-refractivity contribution in [2.75, 3.05) is 12.4 Å². The highest BCUT2D eigenvalue weighted by Gasteiger charge is 2.14. The Morgan fingerprint density at radius 1 is 1.47 bits per heavy atom. The zero-order valence-corrected chi connectivity index (χ0v) is 10.0. The van der Waals surface area contributed by atoms with Crippen LogP contribution in [0.15, 0.2) is 12.4 Å². The van der Waals surface area contributed by atoms with E-state index in [9.17, 15) is 4.79 Å². The first kappa shape index (κ1) is 11.4. The summed E-state index contributed by atoms with van der Waals surface area (Å²) in [6, 6.07) is 0.0906. The Kier molecular flexibility index (Phi) is 2.95. The third-order valence-corrected chi connectivity index (χ3v) is 2.30. The van der Waals surface area contributed by atoms with Gasteiger partial charge in [-0.1, -0.05) is 0 Å². The monoisotopic (exact) mass is 233 g/mol. The van der Waals surface area contributed by atoms with Crippen molar-refractivity contribution in [1.82, 2.24) is 20.3 Å². The minimum absolute atomic E-state index is 0.0906. The standard InChI is InChI=1S/C11H15N5O/c1-6(2)15-11(17)7-4-13-10-9(7)16-8(12-3)5-14-10/h4-6H,1-3H3,(H,12,16)(H,13,14)(H,15,17). The molecule has 2 heterocycles.